The Bertz CT molecular complexity index is 1240. The number of nitrogens with one attached hydrogen (secondary N) is 1. The van der Waals surface area contributed by atoms with E-state index in [4.69, 9.17) is 4.74 Å². The van der Waals surface area contributed by atoms with E-state index in [9.17, 15) is 23.9 Å². The number of nitriles is 1. The van der Waals surface area contributed by atoms with Gasteiger partial charge < -0.3 is 9.84 Å². The Morgan fingerprint density at radius 1 is 1.29 bits per heavy atom. The maximum Gasteiger partial charge on any atom is 0.229 e. The summed E-state index contributed by atoms with van der Waals surface area (Å²) in [4.78, 5) is 17.4. The molecule has 0 spiro atoms. The summed E-state index contributed by atoms with van der Waals surface area (Å²) in [5.74, 6) is -0.936. The van der Waals surface area contributed by atoms with Gasteiger partial charge in [-0.1, -0.05) is 19.1 Å². The average Bonchev–Trinajstić information content (AvgIpc) is 3.09. The number of fused-ring (bicyclic) bond motifs is 1. The van der Waals surface area contributed by atoms with Gasteiger partial charge in [0.05, 0.1) is 34.7 Å². The Balaban J connectivity index is 2.01. The van der Waals surface area contributed by atoms with Crippen LogP contribution in [0.1, 0.15) is 57.2 Å². The van der Waals surface area contributed by atoms with Gasteiger partial charge in [0.25, 0.3) is 0 Å². The van der Waals surface area contributed by atoms with Crippen LogP contribution < -0.4 is 5.32 Å². The van der Waals surface area contributed by atoms with Crippen LogP contribution in [0.3, 0.4) is 0 Å². The van der Waals surface area contributed by atoms with Crippen molar-refractivity contribution in [3.8, 4) is 6.07 Å². The van der Waals surface area contributed by atoms with E-state index in [1.54, 1.807) is 39.8 Å². The Hall–Kier alpha value is -3.35. The number of hydrogen-bond acceptors (Lipinski definition) is 5. The number of benzene rings is 2. The third kappa shape index (κ3) is 5.24. The molecule has 180 valence electrons. The molecule has 0 radical (unpaired) electrons. The van der Waals surface area contributed by atoms with E-state index < -0.39 is 29.4 Å². The van der Waals surface area contributed by atoms with Gasteiger partial charge in [0.2, 0.25) is 18.2 Å². The minimum atomic E-state index is -1.57. The fourth-order valence-corrected chi connectivity index (χ4v) is 3.82. The number of halogens is 2. The monoisotopic (exact) mass is 470 g/mol. The van der Waals surface area contributed by atoms with Gasteiger partial charge in [-0.3, -0.25) is 14.7 Å². The van der Waals surface area contributed by atoms with Gasteiger partial charge in [-0.15, -0.1) is 0 Å². The molecule has 1 amide bonds. The first kappa shape index (κ1) is 25.3. The fraction of sp³-hybridized carbons (Fsp3) is 0.400. The number of carbonyl (C=O) groups excluding carboxylic acids is 1. The molecule has 3 aromatic rings. The number of hydrogen-bond donors (Lipinski definition) is 2. The molecule has 0 aliphatic rings. The summed E-state index contributed by atoms with van der Waals surface area (Å²) < 4.78 is 34.6. The summed E-state index contributed by atoms with van der Waals surface area (Å²) in [6.07, 6.45) is -1.77. The number of alkyl halides is 1. The van der Waals surface area contributed by atoms with Crippen molar-refractivity contribution < 1.29 is 23.4 Å². The smallest absolute Gasteiger partial charge is 0.229 e. The molecule has 1 heterocycles. The third-order valence-corrected chi connectivity index (χ3v) is 5.62. The zero-order valence-corrected chi connectivity index (χ0v) is 19.8. The topological polar surface area (TPSA) is 100 Å². The molecule has 1 unspecified atom stereocenters. The molecular formula is C25H28F2N4O3. The largest absolute Gasteiger partial charge is 0.385 e. The second kappa shape index (κ2) is 9.49. The number of amides is 1. The summed E-state index contributed by atoms with van der Waals surface area (Å²) >= 11 is 0. The lowest BCUT2D eigenvalue weighted by Gasteiger charge is -2.31. The van der Waals surface area contributed by atoms with Crippen molar-refractivity contribution in [2.75, 3.05) is 5.32 Å². The highest BCUT2D eigenvalue weighted by molar-refractivity contribution is 5.92. The second-order valence-corrected chi connectivity index (χ2v) is 8.93. The van der Waals surface area contributed by atoms with Crippen molar-refractivity contribution in [3.63, 3.8) is 0 Å². The minimum absolute atomic E-state index is 0.0812. The molecule has 0 saturated carbocycles. The highest BCUT2D eigenvalue weighted by Crippen LogP contribution is 2.33. The number of aromatic nitrogens is 2. The normalized spacial score (nSPS) is 14.4. The highest BCUT2D eigenvalue weighted by atomic mass is 19.1. The zero-order valence-electron chi connectivity index (χ0n) is 19.8. The first-order valence-electron chi connectivity index (χ1n) is 10.9. The Morgan fingerprint density at radius 2 is 1.94 bits per heavy atom. The number of carbonyl (C=O) groups is 1. The van der Waals surface area contributed by atoms with Crippen LogP contribution in [0.2, 0.25) is 0 Å². The number of imidazole rings is 1. The fourth-order valence-electron chi connectivity index (χ4n) is 3.82. The summed E-state index contributed by atoms with van der Waals surface area (Å²) in [5.41, 5.74) is -0.386. The number of rotatable bonds is 8. The molecule has 0 saturated heterocycles. The van der Waals surface area contributed by atoms with Crippen molar-refractivity contribution in [1.29, 1.82) is 5.26 Å². The molecular weight excluding hydrogens is 442 g/mol. The Kier molecular flexibility index (Phi) is 7.05. The number of aryl methyl sites for hydroxylation is 1. The molecule has 0 bridgehead atoms. The number of anilines is 1. The summed E-state index contributed by atoms with van der Waals surface area (Å²) in [5, 5.41) is 23.0. The van der Waals surface area contributed by atoms with E-state index in [1.807, 2.05) is 0 Å². The summed E-state index contributed by atoms with van der Waals surface area (Å²) in [6, 6.07) is 10.7. The maximum absolute atomic E-state index is 14.2. The predicted octanol–water partition coefficient (Wildman–Crippen LogP) is 5.01. The number of nitrogens with zero attached hydrogens (tertiary/aromatic N) is 3. The third-order valence-electron chi connectivity index (χ3n) is 5.62. The van der Waals surface area contributed by atoms with E-state index in [1.165, 1.54) is 35.8 Å². The lowest BCUT2D eigenvalue weighted by Crippen LogP contribution is -2.35. The lowest BCUT2D eigenvalue weighted by molar-refractivity contribution is -0.170. The standard InChI is InChI=1S/C25H28F2N4O3/c1-6-21(27)34-24(3,4)31-20-12-16(14-28)15(2)11-19(20)29-23(31)30-22(32)13-25(5,33)17-7-9-18(26)10-8-17/h7-12,21,33H,6,13H2,1-5H3,(H,29,30,32)/t21?,25-/m0/s1. The molecule has 7 nitrogen and oxygen atoms in total. The molecule has 0 fully saturated rings. The first-order valence-corrected chi connectivity index (χ1v) is 10.9. The molecule has 2 atom stereocenters. The van der Waals surface area contributed by atoms with Crippen LogP contribution in [0, 0.1) is 24.1 Å². The van der Waals surface area contributed by atoms with Gasteiger partial charge in [-0.25, -0.2) is 13.8 Å². The predicted molar refractivity (Wildman–Crippen MR) is 124 cm³/mol. The lowest BCUT2D eigenvalue weighted by atomic mass is 9.92. The van der Waals surface area contributed by atoms with Crippen molar-refractivity contribution in [2.24, 2.45) is 0 Å². The molecule has 9 heteroatoms. The maximum atomic E-state index is 14.2. The van der Waals surface area contributed by atoms with Crippen LogP contribution in [-0.2, 0) is 20.9 Å². The molecule has 2 aromatic carbocycles. The van der Waals surface area contributed by atoms with Crippen molar-refractivity contribution in [1.82, 2.24) is 9.55 Å². The van der Waals surface area contributed by atoms with Crippen LogP contribution in [0.15, 0.2) is 36.4 Å². The minimum Gasteiger partial charge on any atom is -0.385 e. The Morgan fingerprint density at radius 3 is 2.53 bits per heavy atom. The molecule has 34 heavy (non-hydrogen) atoms. The average molecular weight is 471 g/mol. The van der Waals surface area contributed by atoms with Crippen LogP contribution in [-0.4, -0.2) is 26.9 Å². The van der Waals surface area contributed by atoms with E-state index in [-0.39, 0.29) is 18.8 Å². The molecule has 0 aliphatic heterocycles. The quantitative estimate of drug-likeness (QED) is 0.482. The van der Waals surface area contributed by atoms with Crippen molar-refractivity contribution >= 4 is 22.9 Å². The molecule has 3 rings (SSSR count). The SMILES string of the molecule is CCC(F)OC(C)(C)n1c(NC(=O)C[C@](C)(O)c2ccc(F)cc2)nc2cc(C)c(C#N)cc21. The van der Waals surface area contributed by atoms with Crippen molar-refractivity contribution in [3.05, 3.63) is 58.9 Å². The van der Waals surface area contributed by atoms with Crippen LogP contribution in [0.5, 0.6) is 0 Å². The molecule has 2 N–H and O–H groups in total. The van der Waals surface area contributed by atoms with E-state index >= 15 is 0 Å². The van der Waals surface area contributed by atoms with E-state index in [2.05, 4.69) is 16.4 Å². The number of aliphatic hydroxyl groups is 1. The summed E-state index contributed by atoms with van der Waals surface area (Å²) in [7, 11) is 0. The van der Waals surface area contributed by atoms with E-state index in [0.29, 0.717) is 27.7 Å². The summed E-state index contributed by atoms with van der Waals surface area (Å²) in [6.45, 7) is 8.13. The molecule has 1 aromatic heterocycles. The van der Waals surface area contributed by atoms with Gasteiger partial charge in [0.1, 0.15) is 11.5 Å². The first-order chi connectivity index (χ1) is 15.9. The Labute approximate surface area is 197 Å². The second-order valence-electron chi connectivity index (χ2n) is 8.93. The van der Waals surface area contributed by atoms with Gasteiger partial charge in [0.15, 0.2) is 0 Å². The van der Waals surface area contributed by atoms with Crippen LogP contribution in [0.4, 0.5) is 14.7 Å². The highest BCUT2D eigenvalue weighted by Gasteiger charge is 2.32. The van der Waals surface area contributed by atoms with Gasteiger partial charge in [0, 0.05) is 6.42 Å². The van der Waals surface area contributed by atoms with Crippen molar-refractivity contribution in [2.45, 2.75) is 65.1 Å². The number of ether oxygens (including phenoxy) is 1. The van der Waals surface area contributed by atoms with Gasteiger partial charge in [-0.2, -0.15) is 5.26 Å². The van der Waals surface area contributed by atoms with Gasteiger partial charge in [-0.05, 0) is 63.1 Å². The van der Waals surface area contributed by atoms with Crippen LogP contribution in [0.25, 0.3) is 11.0 Å². The van der Waals surface area contributed by atoms with Crippen LogP contribution >= 0.6 is 0 Å². The zero-order chi connectivity index (χ0) is 25.3. The van der Waals surface area contributed by atoms with Gasteiger partial charge >= 0.3 is 0 Å². The molecule has 0 aliphatic carbocycles. The van der Waals surface area contributed by atoms with E-state index in [0.717, 1.165) is 0 Å².